The van der Waals surface area contributed by atoms with Crippen molar-refractivity contribution in [3.05, 3.63) is 35.4 Å². The van der Waals surface area contributed by atoms with E-state index < -0.39 is 0 Å². The third-order valence-electron chi connectivity index (χ3n) is 2.31. The fourth-order valence-electron chi connectivity index (χ4n) is 1.43. The van der Waals surface area contributed by atoms with Crippen LogP contribution in [0.1, 0.15) is 30.0 Å². The molecule has 1 atom stereocenters. The monoisotopic (exact) mass is 212 g/mol. The molecule has 0 amide bonds. The number of hydrogen-bond donors (Lipinski definition) is 2. The van der Waals surface area contributed by atoms with Gasteiger partial charge in [-0.3, -0.25) is 11.3 Å². The first kappa shape index (κ1) is 11.5. The van der Waals surface area contributed by atoms with Crippen LogP contribution in [-0.4, -0.2) is 5.88 Å². The summed E-state index contributed by atoms with van der Waals surface area (Å²) < 4.78 is 0. The van der Waals surface area contributed by atoms with Crippen molar-refractivity contribution in [3.8, 4) is 0 Å². The molecule has 14 heavy (non-hydrogen) atoms. The normalized spacial score (nSPS) is 12.8. The Hall–Kier alpha value is -0.570. The average Bonchev–Trinajstić information content (AvgIpc) is 2.21. The predicted octanol–water partition coefficient (Wildman–Crippen LogP) is 2.52. The van der Waals surface area contributed by atoms with Gasteiger partial charge in [0, 0.05) is 11.9 Å². The van der Waals surface area contributed by atoms with E-state index in [1.807, 2.05) is 0 Å². The highest BCUT2D eigenvalue weighted by atomic mass is 35.5. The molecule has 1 aromatic rings. The highest BCUT2D eigenvalue weighted by Crippen LogP contribution is 2.18. The minimum Gasteiger partial charge on any atom is -0.271 e. The lowest BCUT2D eigenvalue weighted by atomic mass is 10.0. The second-order valence-electron chi connectivity index (χ2n) is 3.46. The largest absolute Gasteiger partial charge is 0.271 e. The van der Waals surface area contributed by atoms with Crippen LogP contribution in [0, 0.1) is 6.92 Å². The van der Waals surface area contributed by atoms with E-state index in [0.717, 1.165) is 12.8 Å². The van der Waals surface area contributed by atoms with E-state index in [2.05, 4.69) is 36.6 Å². The first-order chi connectivity index (χ1) is 6.77. The summed E-state index contributed by atoms with van der Waals surface area (Å²) in [5.41, 5.74) is 5.30. The van der Waals surface area contributed by atoms with Crippen molar-refractivity contribution < 1.29 is 0 Å². The van der Waals surface area contributed by atoms with Gasteiger partial charge in [0.1, 0.15) is 0 Å². The van der Waals surface area contributed by atoms with Crippen molar-refractivity contribution in [2.24, 2.45) is 5.84 Å². The van der Waals surface area contributed by atoms with E-state index in [1.54, 1.807) is 0 Å². The molecule has 2 nitrogen and oxygen atoms in total. The van der Waals surface area contributed by atoms with Crippen molar-refractivity contribution in [2.45, 2.75) is 25.8 Å². The number of hydrazine groups is 1. The third-order valence-corrected chi connectivity index (χ3v) is 2.57. The van der Waals surface area contributed by atoms with Gasteiger partial charge in [0.05, 0.1) is 0 Å². The summed E-state index contributed by atoms with van der Waals surface area (Å²) >= 11 is 5.65. The summed E-state index contributed by atoms with van der Waals surface area (Å²) in [5.74, 6) is 6.18. The average molecular weight is 213 g/mol. The molecule has 0 spiro atoms. The molecule has 0 aromatic heterocycles. The molecular formula is C11H17ClN2. The van der Waals surface area contributed by atoms with Gasteiger partial charge in [-0.25, -0.2) is 0 Å². The molecule has 0 fully saturated rings. The van der Waals surface area contributed by atoms with Gasteiger partial charge in [-0.15, -0.1) is 11.6 Å². The summed E-state index contributed by atoms with van der Waals surface area (Å²) in [4.78, 5) is 0. The predicted molar refractivity (Wildman–Crippen MR) is 61.2 cm³/mol. The molecule has 0 aliphatic heterocycles. The second-order valence-corrected chi connectivity index (χ2v) is 3.84. The van der Waals surface area contributed by atoms with Crippen LogP contribution in [-0.2, 0) is 0 Å². The SMILES string of the molecule is Cc1ccc(C(CCCCl)NN)cc1. The van der Waals surface area contributed by atoms with Gasteiger partial charge in [-0.2, -0.15) is 0 Å². The summed E-state index contributed by atoms with van der Waals surface area (Å²) in [7, 11) is 0. The highest BCUT2D eigenvalue weighted by molar-refractivity contribution is 6.17. The Kier molecular flexibility index (Phi) is 4.94. The summed E-state index contributed by atoms with van der Waals surface area (Å²) in [6, 6.07) is 8.62. The maximum Gasteiger partial charge on any atom is 0.0460 e. The third kappa shape index (κ3) is 3.29. The molecule has 0 saturated heterocycles. The number of hydrogen-bond acceptors (Lipinski definition) is 2. The molecular weight excluding hydrogens is 196 g/mol. The second kappa shape index (κ2) is 6.02. The van der Waals surface area contributed by atoms with E-state index in [0.29, 0.717) is 5.88 Å². The molecule has 0 aliphatic rings. The van der Waals surface area contributed by atoms with Crippen LogP contribution in [0.5, 0.6) is 0 Å². The van der Waals surface area contributed by atoms with Crippen LogP contribution in [0.4, 0.5) is 0 Å². The first-order valence-corrected chi connectivity index (χ1v) is 5.40. The van der Waals surface area contributed by atoms with Gasteiger partial charge in [0.25, 0.3) is 0 Å². The van der Waals surface area contributed by atoms with Crippen LogP contribution >= 0.6 is 11.6 Å². The van der Waals surface area contributed by atoms with E-state index in [1.165, 1.54) is 11.1 Å². The topological polar surface area (TPSA) is 38.0 Å². The summed E-state index contributed by atoms with van der Waals surface area (Å²) in [5, 5.41) is 0. The minimum atomic E-state index is 0.217. The Bertz CT molecular complexity index is 258. The van der Waals surface area contributed by atoms with Crippen molar-refractivity contribution in [1.82, 2.24) is 5.43 Å². The molecule has 3 heteroatoms. The molecule has 3 N–H and O–H groups in total. The zero-order valence-corrected chi connectivity index (χ0v) is 9.22. The standard InChI is InChI=1S/C11H17ClN2/c1-9-4-6-10(7-5-9)11(14-13)3-2-8-12/h4-7,11,14H,2-3,8,13H2,1H3. The first-order valence-electron chi connectivity index (χ1n) is 4.86. The number of nitrogens with one attached hydrogen (secondary N) is 1. The van der Waals surface area contributed by atoms with E-state index in [9.17, 15) is 0 Å². The van der Waals surface area contributed by atoms with Crippen LogP contribution < -0.4 is 11.3 Å². The molecule has 78 valence electrons. The maximum atomic E-state index is 5.65. The Labute approximate surface area is 90.4 Å². The Balaban J connectivity index is 2.64. The van der Waals surface area contributed by atoms with Crippen molar-refractivity contribution in [3.63, 3.8) is 0 Å². The van der Waals surface area contributed by atoms with Crippen molar-refractivity contribution in [2.75, 3.05) is 5.88 Å². The molecule has 0 heterocycles. The molecule has 0 radical (unpaired) electrons. The van der Waals surface area contributed by atoms with Crippen LogP contribution in [0.2, 0.25) is 0 Å². The van der Waals surface area contributed by atoms with Gasteiger partial charge < -0.3 is 0 Å². The van der Waals surface area contributed by atoms with Gasteiger partial charge >= 0.3 is 0 Å². The minimum absolute atomic E-state index is 0.217. The molecule has 1 aromatic carbocycles. The van der Waals surface area contributed by atoms with E-state index in [4.69, 9.17) is 17.4 Å². The zero-order chi connectivity index (χ0) is 10.4. The number of halogens is 1. The van der Waals surface area contributed by atoms with Crippen molar-refractivity contribution in [1.29, 1.82) is 0 Å². The van der Waals surface area contributed by atoms with Gasteiger partial charge in [0.2, 0.25) is 0 Å². The van der Waals surface area contributed by atoms with Gasteiger partial charge in [-0.1, -0.05) is 29.8 Å². The van der Waals surface area contributed by atoms with Crippen LogP contribution in [0.3, 0.4) is 0 Å². The highest BCUT2D eigenvalue weighted by Gasteiger charge is 2.07. The quantitative estimate of drug-likeness (QED) is 0.447. The fraction of sp³-hybridized carbons (Fsp3) is 0.455. The summed E-state index contributed by atoms with van der Waals surface area (Å²) in [6.45, 7) is 2.08. The lowest BCUT2D eigenvalue weighted by Gasteiger charge is -2.15. The van der Waals surface area contributed by atoms with E-state index >= 15 is 0 Å². The number of aryl methyl sites for hydroxylation is 1. The molecule has 1 rings (SSSR count). The molecule has 0 saturated carbocycles. The lowest BCUT2D eigenvalue weighted by molar-refractivity contribution is 0.511. The van der Waals surface area contributed by atoms with Gasteiger partial charge in [0.15, 0.2) is 0 Å². The fourth-order valence-corrected chi connectivity index (χ4v) is 1.58. The number of alkyl halides is 1. The number of nitrogens with two attached hydrogens (primary N) is 1. The van der Waals surface area contributed by atoms with Crippen LogP contribution in [0.25, 0.3) is 0 Å². The maximum absolute atomic E-state index is 5.65. The Morgan fingerprint density at radius 3 is 2.50 bits per heavy atom. The molecule has 0 aliphatic carbocycles. The van der Waals surface area contributed by atoms with Crippen LogP contribution in [0.15, 0.2) is 24.3 Å². The van der Waals surface area contributed by atoms with Gasteiger partial charge in [-0.05, 0) is 25.3 Å². The molecule has 1 unspecified atom stereocenters. The smallest absolute Gasteiger partial charge is 0.0460 e. The molecule has 0 bridgehead atoms. The summed E-state index contributed by atoms with van der Waals surface area (Å²) in [6.07, 6.45) is 1.95. The number of benzene rings is 1. The Morgan fingerprint density at radius 2 is 2.00 bits per heavy atom. The lowest BCUT2D eigenvalue weighted by Crippen LogP contribution is -2.28. The van der Waals surface area contributed by atoms with E-state index in [-0.39, 0.29) is 6.04 Å². The Morgan fingerprint density at radius 1 is 1.36 bits per heavy atom. The zero-order valence-electron chi connectivity index (χ0n) is 8.46. The number of rotatable bonds is 5. The van der Waals surface area contributed by atoms with Crippen molar-refractivity contribution >= 4 is 11.6 Å².